The number of benzene rings is 1. The van der Waals surface area contributed by atoms with Crippen molar-refractivity contribution in [2.75, 3.05) is 18.0 Å². The van der Waals surface area contributed by atoms with Crippen molar-refractivity contribution >= 4 is 27.6 Å². The lowest BCUT2D eigenvalue weighted by Gasteiger charge is -2.34. The van der Waals surface area contributed by atoms with Crippen molar-refractivity contribution in [2.45, 2.75) is 12.5 Å². The van der Waals surface area contributed by atoms with Crippen molar-refractivity contribution in [2.24, 2.45) is 10.7 Å². The molecule has 4 N–H and O–H groups in total. The molecule has 1 atom stereocenters. The number of amides is 1. The third kappa shape index (κ3) is 3.83. The van der Waals surface area contributed by atoms with Gasteiger partial charge in [0.25, 0.3) is 5.91 Å². The fourth-order valence-electron chi connectivity index (χ4n) is 2.80. The molecule has 0 saturated heterocycles. The van der Waals surface area contributed by atoms with E-state index in [1.807, 2.05) is 0 Å². The van der Waals surface area contributed by atoms with Gasteiger partial charge in [0.2, 0.25) is 16.0 Å². The Bertz CT molecular complexity index is 1220. The average Bonchev–Trinajstić information content (AvgIpc) is 2.61. The Balaban J connectivity index is 2.05. The lowest BCUT2D eigenvalue weighted by Crippen LogP contribution is -2.50. The number of carbonyl (C=O) groups is 1. The summed E-state index contributed by atoms with van der Waals surface area (Å²) in [6.07, 6.45) is 1.01. The number of carbonyl (C=O) groups excluding carboxylic acids is 1. The highest BCUT2D eigenvalue weighted by molar-refractivity contribution is 7.89. The molecule has 9 nitrogen and oxygen atoms in total. The lowest BCUT2D eigenvalue weighted by molar-refractivity contribution is 0.102. The highest BCUT2D eigenvalue weighted by Crippen LogP contribution is 2.35. The van der Waals surface area contributed by atoms with E-state index >= 15 is 0 Å². The van der Waals surface area contributed by atoms with Gasteiger partial charge in [-0.25, -0.2) is 31.5 Å². The molecular weight excluding hydrogens is 408 g/mol. The third-order valence-electron chi connectivity index (χ3n) is 4.16. The second-order valence-corrected chi connectivity index (χ2v) is 8.26. The van der Waals surface area contributed by atoms with Crippen LogP contribution in [0, 0.1) is 11.6 Å². The topological polar surface area (TPSA) is 138 Å². The van der Waals surface area contributed by atoms with Gasteiger partial charge in [-0.15, -0.1) is 0 Å². The molecule has 12 heteroatoms. The molecule has 1 aliphatic rings. The summed E-state index contributed by atoms with van der Waals surface area (Å²) in [6.45, 7) is -2.02. The number of nitrogens with zero attached hydrogens (tertiary/aromatic N) is 3. The van der Waals surface area contributed by atoms with Crippen LogP contribution in [0.3, 0.4) is 0 Å². The number of aliphatic imine (C=N–C) groups is 1. The molecule has 0 unspecified atom stereocenters. The van der Waals surface area contributed by atoms with E-state index in [1.165, 1.54) is 12.1 Å². The number of aromatic hydroxyl groups is 1. The Morgan fingerprint density at radius 3 is 2.72 bits per heavy atom. The van der Waals surface area contributed by atoms with E-state index in [1.54, 1.807) is 0 Å². The highest BCUT2D eigenvalue weighted by Gasteiger charge is 2.42. The van der Waals surface area contributed by atoms with Gasteiger partial charge >= 0.3 is 0 Å². The van der Waals surface area contributed by atoms with Crippen molar-refractivity contribution in [3.05, 3.63) is 53.4 Å². The van der Waals surface area contributed by atoms with Crippen molar-refractivity contribution in [1.29, 1.82) is 0 Å². The molecule has 154 valence electrons. The fraction of sp³-hybridized carbons (Fsp3) is 0.235. The number of pyridine rings is 1. The number of hydrogen-bond donors (Lipinski definition) is 3. The largest absolute Gasteiger partial charge is 0.506 e. The predicted octanol–water partition coefficient (Wildman–Crippen LogP) is 1.12. The van der Waals surface area contributed by atoms with Crippen LogP contribution in [0.1, 0.15) is 27.1 Å². The number of guanidine groups is 1. The molecule has 1 amide bonds. The van der Waals surface area contributed by atoms with Crippen LogP contribution in [0.15, 0.2) is 35.5 Å². The Hall–Kier alpha value is -3.28. The molecule has 0 spiro atoms. The van der Waals surface area contributed by atoms with Crippen LogP contribution in [0.25, 0.3) is 0 Å². The summed E-state index contributed by atoms with van der Waals surface area (Å²) in [6, 6.07) is 4.02. The molecule has 1 aromatic heterocycles. The van der Waals surface area contributed by atoms with Crippen LogP contribution in [0.4, 0.5) is 14.5 Å². The zero-order valence-corrected chi connectivity index (χ0v) is 15.7. The maximum Gasteiger partial charge on any atom is 0.274 e. The molecule has 2 heterocycles. The zero-order valence-electron chi connectivity index (χ0n) is 17.8. The smallest absolute Gasteiger partial charge is 0.274 e. The van der Waals surface area contributed by atoms with Gasteiger partial charge in [-0.05, 0) is 25.1 Å². The van der Waals surface area contributed by atoms with Crippen LogP contribution < -0.4 is 11.1 Å². The quantitative estimate of drug-likeness (QED) is 0.670. The predicted molar refractivity (Wildman–Crippen MR) is 101 cm³/mol. The number of anilines is 1. The first-order chi connectivity index (χ1) is 14.6. The minimum Gasteiger partial charge on any atom is -0.506 e. The minimum atomic E-state index is -4.59. The first-order valence-electron chi connectivity index (χ1n) is 9.48. The van der Waals surface area contributed by atoms with Gasteiger partial charge in [0.05, 0.1) is 11.9 Å². The van der Waals surface area contributed by atoms with E-state index in [2.05, 4.69) is 15.3 Å². The summed E-state index contributed by atoms with van der Waals surface area (Å²) < 4.78 is 76.1. The number of sulfonamides is 1. The summed E-state index contributed by atoms with van der Waals surface area (Å²) in [4.78, 5) is 19.8. The summed E-state index contributed by atoms with van der Waals surface area (Å²) in [5, 5.41) is 11.5. The summed E-state index contributed by atoms with van der Waals surface area (Å²) in [5.41, 5.74) is 2.62. The summed E-state index contributed by atoms with van der Waals surface area (Å²) in [7, 11) is -4.59. The molecular formula is C17H17F2N5O4S. The van der Waals surface area contributed by atoms with Gasteiger partial charge in [0.15, 0.2) is 11.6 Å². The number of rotatable bonds is 3. The Labute approximate surface area is 169 Å². The number of halogens is 2. The number of nitrogens with two attached hydrogens (primary N) is 1. The monoisotopic (exact) mass is 428 g/mol. The second kappa shape index (κ2) is 6.95. The Morgan fingerprint density at radius 2 is 2.14 bits per heavy atom. The van der Waals surface area contributed by atoms with Crippen LogP contribution in [-0.2, 0) is 15.6 Å². The number of hydrogen-bond acceptors (Lipinski definition) is 7. The lowest BCUT2D eigenvalue weighted by atomic mass is 9.93. The molecule has 0 aliphatic carbocycles. The fourth-order valence-corrected chi connectivity index (χ4v) is 4.18. The molecule has 2 aromatic rings. The standard InChI is InChI=1S/C17H17F2N5O4S/c1-17(8-29(27,28)24(2)16(20)23-17)11-5-9(6-12(18)14(11)19)22-15(26)13-4-3-10(25)7-21-13/h3-7,25H,8H2,1-2H3,(H2,20,23)(H,22,26)/t17-/m0/s1/i2D3. The van der Waals surface area contributed by atoms with E-state index in [-0.39, 0.29) is 21.4 Å². The minimum absolute atomic E-state index is 0.0574. The van der Waals surface area contributed by atoms with Crippen LogP contribution in [-0.4, -0.2) is 47.4 Å². The molecule has 0 saturated carbocycles. The van der Waals surface area contributed by atoms with Gasteiger partial charge < -0.3 is 16.2 Å². The van der Waals surface area contributed by atoms with Crippen molar-refractivity contribution < 1.29 is 31.2 Å². The average molecular weight is 428 g/mol. The van der Waals surface area contributed by atoms with Crippen LogP contribution in [0.2, 0.25) is 0 Å². The normalized spacial score (nSPS) is 22.8. The summed E-state index contributed by atoms with van der Waals surface area (Å²) in [5.74, 6) is -5.80. The van der Waals surface area contributed by atoms with Crippen LogP contribution >= 0.6 is 0 Å². The summed E-state index contributed by atoms with van der Waals surface area (Å²) >= 11 is 0. The molecule has 1 aromatic carbocycles. The van der Waals surface area contributed by atoms with E-state index < -0.39 is 57.4 Å². The third-order valence-corrected chi connectivity index (χ3v) is 5.83. The maximum atomic E-state index is 14.7. The van der Waals surface area contributed by atoms with E-state index in [4.69, 9.17) is 9.85 Å². The van der Waals surface area contributed by atoms with Gasteiger partial charge in [-0.2, -0.15) is 0 Å². The molecule has 0 fully saturated rings. The zero-order chi connectivity index (χ0) is 24.1. The number of aromatic nitrogens is 1. The van der Waals surface area contributed by atoms with Gasteiger partial charge in [0, 0.05) is 28.4 Å². The van der Waals surface area contributed by atoms with Crippen molar-refractivity contribution in [1.82, 2.24) is 9.29 Å². The maximum absolute atomic E-state index is 14.7. The van der Waals surface area contributed by atoms with E-state index in [0.717, 1.165) is 19.2 Å². The molecule has 0 bridgehead atoms. The molecule has 3 rings (SSSR count). The Kier molecular flexibility index (Phi) is 3.99. The van der Waals surface area contributed by atoms with Gasteiger partial charge in [-0.1, -0.05) is 0 Å². The SMILES string of the molecule is [2H]C([2H])([2H])N1C(N)=N[C@](C)(c2cc(NC(=O)c3ccc(O)cn3)cc(F)c2F)CS1(=O)=O. The van der Waals surface area contributed by atoms with Crippen molar-refractivity contribution in [3.63, 3.8) is 0 Å². The molecule has 1 aliphatic heterocycles. The molecule has 29 heavy (non-hydrogen) atoms. The Morgan fingerprint density at radius 1 is 1.41 bits per heavy atom. The highest BCUT2D eigenvalue weighted by atomic mass is 32.2. The first-order valence-corrected chi connectivity index (χ1v) is 9.59. The van der Waals surface area contributed by atoms with E-state index in [9.17, 15) is 27.1 Å². The van der Waals surface area contributed by atoms with Crippen molar-refractivity contribution in [3.8, 4) is 5.75 Å². The molecule has 0 radical (unpaired) electrons. The van der Waals surface area contributed by atoms with E-state index in [0.29, 0.717) is 6.07 Å². The van der Waals surface area contributed by atoms with Gasteiger partial charge in [0.1, 0.15) is 17.0 Å². The van der Waals surface area contributed by atoms with Crippen LogP contribution in [0.5, 0.6) is 5.75 Å². The van der Waals surface area contributed by atoms with Gasteiger partial charge in [-0.3, -0.25) is 4.79 Å². The first kappa shape index (κ1) is 16.7. The number of nitrogens with one attached hydrogen (secondary N) is 1. The second-order valence-electron chi connectivity index (χ2n) is 6.44.